The summed E-state index contributed by atoms with van der Waals surface area (Å²) in [6.07, 6.45) is -4.43. The van der Waals surface area contributed by atoms with Crippen molar-refractivity contribution < 1.29 is 13.2 Å². The lowest BCUT2D eigenvalue weighted by atomic mass is 10.0. The van der Waals surface area contributed by atoms with Crippen molar-refractivity contribution >= 4 is 21.7 Å². The van der Waals surface area contributed by atoms with Crippen molar-refractivity contribution in [2.24, 2.45) is 5.11 Å². The zero-order valence-corrected chi connectivity index (χ0v) is 11.2. The third kappa shape index (κ3) is 2.42. The smallest absolute Gasteiger partial charge is 0.252 e. The molecule has 0 bridgehead atoms. The summed E-state index contributed by atoms with van der Waals surface area (Å²) in [7, 11) is 0. The molecule has 22 heavy (non-hydrogen) atoms. The van der Waals surface area contributed by atoms with Gasteiger partial charge in [0.1, 0.15) is 0 Å². The summed E-state index contributed by atoms with van der Waals surface area (Å²) in [5.74, 6) is 0. The van der Waals surface area contributed by atoms with Gasteiger partial charge in [-0.25, -0.2) is 0 Å². The van der Waals surface area contributed by atoms with Crippen molar-refractivity contribution in [1.29, 1.82) is 0 Å². The van der Waals surface area contributed by atoms with Crippen LogP contribution in [0.3, 0.4) is 0 Å². The van der Waals surface area contributed by atoms with Gasteiger partial charge in [-0.15, -0.1) is 0 Å². The molecule has 1 aromatic heterocycles. The van der Waals surface area contributed by atoms with E-state index in [-0.39, 0.29) is 6.54 Å². The second-order valence-electron chi connectivity index (χ2n) is 4.72. The predicted octanol–water partition coefficient (Wildman–Crippen LogP) is 5.22. The minimum atomic E-state index is -4.43. The van der Waals surface area contributed by atoms with E-state index in [4.69, 9.17) is 5.53 Å². The van der Waals surface area contributed by atoms with Gasteiger partial charge in [0.2, 0.25) is 0 Å². The third-order valence-corrected chi connectivity index (χ3v) is 3.39. The number of benzene rings is 2. The van der Waals surface area contributed by atoms with Crippen LogP contribution in [0, 0.1) is 0 Å². The van der Waals surface area contributed by atoms with E-state index in [2.05, 4.69) is 15.0 Å². The second-order valence-corrected chi connectivity index (χ2v) is 4.72. The fraction of sp³-hybridized carbons (Fsp3) is 0.133. The first-order chi connectivity index (χ1) is 10.5. The lowest BCUT2D eigenvalue weighted by molar-refractivity contribution is -0.137. The molecule has 0 aliphatic carbocycles. The molecule has 0 N–H and O–H groups in total. The minimum absolute atomic E-state index is 0.0981. The average molecular weight is 302 g/mol. The first-order valence-corrected chi connectivity index (χ1v) is 6.40. The highest BCUT2D eigenvalue weighted by atomic mass is 19.4. The molecule has 2 aromatic carbocycles. The van der Waals surface area contributed by atoms with Gasteiger partial charge in [0, 0.05) is 15.7 Å². The molecule has 0 radical (unpaired) electrons. The highest BCUT2D eigenvalue weighted by molar-refractivity contribution is 6.06. The molecule has 0 saturated carbocycles. The number of aromatic nitrogens is 1. The van der Waals surface area contributed by atoms with E-state index in [9.17, 15) is 13.2 Å². The molecule has 7 heteroatoms. The molecule has 0 amide bonds. The van der Waals surface area contributed by atoms with Gasteiger partial charge in [-0.3, -0.25) is 4.98 Å². The Morgan fingerprint density at radius 1 is 1.05 bits per heavy atom. The first kappa shape index (κ1) is 14.2. The second kappa shape index (κ2) is 5.20. The van der Waals surface area contributed by atoms with E-state index < -0.39 is 11.7 Å². The molecule has 3 rings (SSSR count). The Kier molecular flexibility index (Phi) is 3.35. The maximum Gasteiger partial charge on any atom is 0.416 e. The predicted molar refractivity (Wildman–Crippen MR) is 77.1 cm³/mol. The maximum atomic E-state index is 12.9. The van der Waals surface area contributed by atoms with Crippen LogP contribution in [0.4, 0.5) is 13.2 Å². The largest absolute Gasteiger partial charge is 0.416 e. The summed E-state index contributed by atoms with van der Waals surface area (Å²) in [5.41, 5.74) is 8.68. The van der Waals surface area contributed by atoms with E-state index >= 15 is 0 Å². The fourth-order valence-electron chi connectivity index (χ4n) is 2.42. The van der Waals surface area contributed by atoms with Gasteiger partial charge in [0.15, 0.2) is 0 Å². The first-order valence-electron chi connectivity index (χ1n) is 6.40. The highest BCUT2D eigenvalue weighted by Crippen LogP contribution is 2.34. The number of hydrogen-bond donors (Lipinski definition) is 0. The van der Waals surface area contributed by atoms with Crippen LogP contribution in [-0.4, -0.2) is 4.98 Å². The Labute approximate surface area is 122 Å². The van der Waals surface area contributed by atoms with Gasteiger partial charge in [-0.2, -0.15) is 13.2 Å². The van der Waals surface area contributed by atoms with E-state index in [0.717, 1.165) is 17.5 Å². The molecule has 0 unspecified atom stereocenters. The Bertz CT molecular complexity index is 912. The molecule has 1 heterocycles. The average Bonchev–Trinajstić information content (AvgIpc) is 2.51. The number of hydrogen-bond acceptors (Lipinski definition) is 2. The van der Waals surface area contributed by atoms with Crippen LogP contribution in [0.25, 0.3) is 32.1 Å². The summed E-state index contributed by atoms with van der Waals surface area (Å²) in [5, 5.41) is 5.19. The van der Waals surface area contributed by atoms with Gasteiger partial charge in [0.05, 0.1) is 23.3 Å². The third-order valence-electron chi connectivity index (χ3n) is 3.39. The van der Waals surface area contributed by atoms with Crippen LogP contribution in [-0.2, 0) is 12.7 Å². The molecular weight excluding hydrogens is 293 g/mol. The van der Waals surface area contributed by atoms with E-state index in [1.807, 2.05) is 0 Å². The van der Waals surface area contributed by atoms with Gasteiger partial charge in [-0.05, 0) is 29.1 Å². The molecule has 0 fully saturated rings. The van der Waals surface area contributed by atoms with E-state index in [1.54, 1.807) is 24.3 Å². The zero-order chi connectivity index (χ0) is 15.7. The molecule has 0 aliphatic heterocycles. The van der Waals surface area contributed by atoms with E-state index in [0.29, 0.717) is 22.0 Å². The number of fused-ring (bicyclic) bond motifs is 3. The van der Waals surface area contributed by atoms with Crippen LogP contribution >= 0.6 is 0 Å². The lowest BCUT2D eigenvalue weighted by Gasteiger charge is -2.12. The van der Waals surface area contributed by atoms with Crippen molar-refractivity contribution in [1.82, 2.24) is 4.98 Å². The molecule has 3 aromatic rings. The topological polar surface area (TPSA) is 61.7 Å². The van der Waals surface area contributed by atoms with Crippen LogP contribution in [0.5, 0.6) is 0 Å². The summed E-state index contributed by atoms with van der Waals surface area (Å²) < 4.78 is 38.7. The van der Waals surface area contributed by atoms with Gasteiger partial charge >= 0.3 is 6.18 Å². The molecular formula is C15H9F3N4. The normalized spacial score (nSPS) is 11.6. The van der Waals surface area contributed by atoms with Crippen molar-refractivity contribution in [2.75, 3.05) is 0 Å². The Morgan fingerprint density at radius 3 is 2.55 bits per heavy atom. The highest BCUT2D eigenvalue weighted by Gasteiger charge is 2.30. The summed E-state index contributed by atoms with van der Waals surface area (Å²) in [6.45, 7) is -0.0981. The molecule has 110 valence electrons. The number of azide groups is 1. The van der Waals surface area contributed by atoms with Crippen LogP contribution < -0.4 is 0 Å². The number of para-hydroxylation sites is 1. The molecule has 0 saturated heterocycles. The van der Waals surface area contributed by atoms with Crippen molar-refractivity contribution in [2.45, 2.75) is 12.7 Å². The number of rotatable bonds is 2. The van der Waals surface area contributed by atoms with Crippen LogP contribution in [0.15, 0.2) is 47.6 Å². The quantitative estimate of drug-likeness (QED) is 0.277. The maximum absolute atomic E-state index is 12.9. The van der Waals surface area contributed by atoms with Gasteiger partial charge in [0.25, 0.3) is 0 Å². The van der Waals surface area contributed by atoms with E-state index in [1.165, 1.54) is 6.07 Å². The number of alkyl halides is 3. The zero-order valence-electron chi connectivity index (χ0n) is 11.2. The number of halogens is 3. The lowest BCUT2D eigenvalue weighted by Crippen LogP contribution is -2.05. The monoisotopic (exact) mass is 302 g/mol. The molecule has 0 aliphatic rings. The van der Waals surface area contributed by atoms with Crippen molar-refractivity contribution in [3.63, 3.8) is 0 Å². The van der Waals surface area contributed by atoms with Gasteiger partial charge < -0.3 is 0 Å². The summed E-state index contributed by atoms with van der Waals surface area (Å²) >= 11 is 0. The Hall–Kier alpha value is -2.79. The Morgan fingerprint density at radius 2 is 1.82 bits per heavy atom. The Balaban J connectivity index is 2.38. The number of nitrogens with zero attached hydrogens (tertiary/aromatic N) is 4. The summed E-state index contributed by atoms with van der Waals surface area (Å²) in [4.78, 5) is 6.98. The summed E-state index contributed by atoms with van der Waals surface area (Å²) in [6, 6.07) is 10.7. The minimum Gasteiger partial charge on any atom is -0.252 e. The number of pyridine rings is 1. The SMILES string of the molecule is [N-]=[N+]=NCc1nc2ccccc2c2ccc(C(F)(F)F)cc12. The van der Waals surface area contributed by atoms with Gasteiger partial charge in [-0.1, -0.05) is 29.4 Å². The molecule has 0 atom stereocenters. The van der Waals surface area contributed by atoms with Crippen LogP contribution in [0.1, 0.15) is 11.3 Å². The molecule has 4 nitrogen and oxygen atoms in total. The van der Waals surface area contributed by atoms with Crippen LogP contribution in [0.2, 0.25) is 0 Å². The standard InChI is InChI=1S/C15H9F3N4/c16-15(17,18)9-5-6-10-11-3-1-2-4-13(11)21-14(8-20-22-19)12(10)7-9/h1-7H,8H2. The van der Waals surface area contributed by atoms with Crippen molar-refractivity contribution in [3.05, 3.63) is 64.2 Å². The van der Waals surface area contributed by atoms with Crippen molar-refractivity contribution in [3.8, 4) is 0 Å². The molecule has 0 spiro atoms. The fourth-order valence-corrected chi connectivity index (χ4v) is 2.42.